The molecule has 1 N–H and O–H groups in total. The van der Waals surface area contributed by atoms with Gasteiger partial charge in [0.1, 0.15) is 0 Å². The van der Waals surface area contributed by atoms with Crippen molar-refractivity contribution in [3.05, 3.63) is 89.5 Å². The number of amides is 1. The molecule has 0 saturated carbocycles. The molecule has 0 fully saturated rings. The molecule has 6 rings (SSSR count). The number of hydrogen-bond donors (Lipinski definition) is 1. The zero-order valence-electron chi connectivity index (χ0n) is 14.8. The van der Waals surface area contributed by atoms with Gasteiger partial charge in [-0.3, -0.25) is 4.79 Å². The van der Waals surface area contributed by atoms with Gasteiger partial charge in [-0.25, -0.2) is 0 Å². The van der Waals surface area contributed by atoms with Crippen LogP contribution in [0.4, 0.5) is 5.69 Å². The molecule has 130 valence electrons. The Bertz CT molecular complexity index is 1210. The molecule has 1 amide bonds. The van der Waals surface area contributed by atoms with Crippen LogP contribution in [0, 0.1) is 0 Å². The van der Waals surface area contributed by atoms with Gasteiger partial charge in [0.05, 0.1) is 5.69 Å². The fraction of sp³-hybridized carbons (Fsp3) is 0.125. The number of fused-ring (bicyclic) bond motifs is 4. The first-order chi connectivity index (χ1) is 13.3. The second kappa shape index (κ2) is 5.34. The van der Waals surface area contributed by atoms with Gasteiger partial charge in [-0.15, -0.1) is 0 Å². The zero-order chi connectivity index (χ0) is 18.0. The van der Waals surface area contributed by atoms with Crippen LogP contribution in [0.25, 0.3) is 22.2 Å². The Morgan fingerprint density at radius 3 is 2.63 bits per heavy atom. The molecule has 3 heteroatoms. The molecule has 1 aromatic heterocycles. The topological polar surface area (TPSA) is 36.1 Å². The van der Waals surface area contributed by atoms with E-state index < -0.39 is 0 Å². The first kappa shape index (κ1) is 14.8. The van der Waals surface area contributed by atoms with Crippen LogP contribution in [0.15, 0.2) is 72.8 Å². The Morgan fingerprint density at radius 1 is 0.926 bits per heavy atom. The van der Waals surface area contributed by atoms with E-state index in [1.807, 2.05) is 35.2 Å². The molecule has 0 radical (unpaired) electrons. The molecule has 27 heavy (non-hydrogen) atoms. The molecule has 2 aliphatic rings. The quantitative estimate of drug-likeness (QED) is 0.507. The Kier molecular flexibility index (Phi) is 2.92. The molecule has 3 aromatic carbocycles. The largest absolute Gasteiger partial charge is 0.354 e. The van der Waals surface area contributed by atoms with E-state index in [2.05, 4.69) is 47.4 Å². The summed E-state index contributed by atoms with van der Waals surface area (Å²) >= 11 is 0. The number of nitrogens with zero attached hydrogens (tertiary/aromatic N) is 1. The molecule has 3 nitrogen and oxygen atoms in total. The second-order valence-corrected chi connectivity index (χ2v) is 7.45. The summed E-state index contributed by atoms with van der Waals surface area (Å²) in [6.45, 7) is 0.749. The highest BCUT2D eigenvalue weighted by atomic mass is 16.2. The first-order valence-corrected chi connectivity index (χ1v) is 9.41. The van der Waals surface area contributed by atoms with Gasteiger partial charge in [0.15, 0.2) is 0 Å². The lowest BCUT2D eigenvalue weighted by Crippen LogP contribution is -2.30. The van der Waals surface area contributed by atoms with Crippen molar-refractivity contribution in [2.75, 3.05) is 11.4 Å². The highest BCUT2D eigenvalue weighted by Crippen LogP contribution is 2.50. The number of anilines is 1. The van der Waals surface area contributed by atoms with Crippen molar-refractivity contribution in [1.29, 1.82) is 0 Å². The van der Waals surface area contributed by atoms with Gasteiger partial charge in [-0.1, -0.05) is 48.5 Å². The number of rotatable bonds is 1. The van der Waals surface area contributed by atoms with Crippen molar-refractivity contribution in [3.8, 4) is 11.3 Å². The summed E-state index contributed by atoms with van der Waals surface area (Å²) < 4.78 is 0. The molecule has 1 atom stereocenters. The van der Waals surface area contributed by atoms with Crippen molar-refractivity contribution in [1.82, 2.24) is 4.98 Å². The summed E-state index contributed by atoms with van der Waals surface area (Å²) in [5, 5.41) is 1.30. The molecule has 4 aromatic rings. The molecular weight excluding hydrogens is 332 g/mol. The predicted octanol–water partition coefficient (Wildman–Crippen LogP) is 5.14. The summed E-state index contributed by atoms with van der Waals surface area (Å²) in [7, 11) is 0. The number of aromatic amines is 1. The second-order valence-electron chi connectivity index (χ2n) is 7.45. The number of nitrogens with one attached hydrogen (secondary N) is 1. The summed E-state index contributed by atoms with van der Waals surface area (Å²) in [6.07, 6.45) is 0.974. The van der Waals surface area contributed by atoms with Crippen LogP contribution in [0.1, 0.15) is 27.4 Å². The minimum atomic E-state index is 0.0897. The molecule has 1 aliphatic carbocycles. The standard InChI is InChI=1S/C24H18N2O/c27-24(15-7-2-1-3-8-15)26-14-16-13-19-17-9-4-5-11-20(17)25-23(19)18-10-6-12-21(26)22(16)18/h1-12,16,25H,13-14H2. The third-order valence-corrected chi connectivity index (χ3v) is 5.98. The average molecular weight is 350 g/mol. The van der Waals surface area contributed by atoms with Crippen LogP contribution in [-0.4, -0.2) is 17.4 Å². The van der Waals surface area contributed by atoms with E-state index in [9.17, 15) is 4.79 Å². The lowest BCUT2D eigenvalue weighted by Gasteiger charge is -2.21. The monoisotopic (exact) mass is 350 g/mol. The summed E-state index contributed by atoms with van der Waals surface area (Å²) in [6, 6.07) is 24.5. The predicted molar refractivity (Wildman–Crippen MR) is 108 cm³/mol. The first-order valence-electron chi connectivity index (χ1n) is 9.41. The molecule has 2 heterocycles. The molecule has 1 aliphatic heterocycles. The zero-order valence-corrected chi connectivity index (χ0v) is 14.8. The van der Waals surface area contributed by atoms with Crippen LogP contribution in [0.2, 0.25) is 0 Å². The van der Waals surface area contributed by atoms with Crippen LogP contribution < -0.4 is 4.90 Å². The van der Waals surface area contributed by atoms with Crippen molar-refractivity contribution in [3.63, 3.8) is 0 Å². The van der Waals surface area contributed by atoms with Crippen LogP contribution in [0.3, 0.4) is 0 Å². The smallest absolute Gasteiger partial charge is 0.258 e. The average Bonchev–Trinajstić information content (AvgIpc) is 3.29. The molecule has 1 unspecified atom stereocenters. The third-order valence-electron chi connectivity index (χ3n) is 5.98. The van der Waals surface area contributed by atoms with Crippen LogP contribution >= 0.6 is 0 Å². The van der Waals surface area contributed by atoms with E-state index in [0.717, 1.165) is 24.2 Å². The SMILES string of the molecule is O=C(c1ccccc1)N1CC2Cc3c([nH]c4ccccc34)-c3cccc1c32. The Balaban J connectivity index is 1.51. The highest BCUT2D eigenvalue weighted by Gasteiger charge is 2.39. The van der Waals surface area contributed by atoms with E-state index in [-0.39, 0.29) is 5.91 Å². The summed E-state index contributed by atoms with van der Waals surface area (Å²) in [5.41, 5.74) is 8.18. The Labute approximate surface area is 157 Å². The number of benzene rings is 3. The van der Waals surface area contributed by atoms with Gasteiger partial charge in [0.25, 0.3) is 5.91 Å². The van der Waals surface area contributed by atoms with Crippen molar-refractivity contribution in [2.24, 2.45) is 0 Å². The van der Waals surface area contributed by atoms with Crippen LogP contribution in [0.5, 0.6) is 0 Å². The number of aromatic nitrogens is 1. The summed E-state index contributed by atoms with van der Waals surface area (Å²) in [5.74, 6) is 0.447. The Morgan fingerprint density at radius 2 is 1.74 bits per heavy atom. The van der Waals surface area contributed by atoms with E-state index in [1.54, 1.807) is 0 Å². The summed E-state index contributed by atoms with van der Waals surface area (Å²) in [4.78, 5) is 18.7. The fourth-order valence-corrected chi connectivity index (χ4v) is 4.83. The van der Waals surface area contributed by atoms with Gasteiger partial charge in [0.2, 0.25) is 0 Å². The van der Waals surface area contributed by atoms with E-state index in [1.165, 1.54) is 33.3 Å². The molecule has 0 spiro atoms. The number of hydrogen-bond acceptors (Lipinski definition) is 1. The van der Waals surface area contributed by atoms with E-state index in [0.29, 0.717) is 5.92 Å². The van der Waals surface area contributed by atoms with Gasteiger partial charge < -0.3 is 9.88 Å². The van der Waals surface area contributed by atoms with Crippen LogP contribution in [-0.2, 0) is 6.42 Å². The van der Waals surface area contributed by atoms with Gasteiger partial charge in [-0.2, -0.15) is 0 Å². The maximum Gasteiger partial charge on any atom is 0.258 e. The van der Waals surface area contributed by atoms with Crippen molar-refractivity contribution < 1.29 is 4.79 Å². The maximum absolute atomic E-state index is 13.1. The maximum atomic E-state index is 13.1. The lowest BCUT2D eigenvalue weighted by molar-refractivity contribution is 0.0988. The van der Waals surface area contributed by atoms with Gasteiger partial charge >= 0.3 is 0 Å². The third kappa shape index (κ3) is 2.00. The molecule has 0 bridgehead atoms. The normalized spacial score (nSPS) is 17.0. The number of H-pyrrole nitrogens is 1. The van der Waals surface area contributed by atoms with Gasteiger partial charge in [-0.05, 0) is 41.8 Å². The number of carbonyl (C=O) groups is 1. The van der Waals surface area contributed by atoms with E-state index in [4.69, 9.17) is 0 Å². The highest BCUT2D eigenvalue weighted by molar-refractivity contribution is 6.08. The lowest BCUT2D eigenvalue weighted by atomic mass is 9.82. The number of para-hydroxylation sites is 1. The van der Waals surface area contributed by atoms with Gasteiger partial charge in [0, 0.05) is 40.2 Å². The van der Waals surface area contributed by atoms with E-state index >= 15 is 0 Å². The number of carbonyl (C=O) groups excluding carboxylic acids is 1. The van der Waals surface area contributed by atoms with Crippen molar-refractivity contribution >= 4 is 22.5 Å². The fourth-order valence-electron chi connectivity index (χ4n) is 4.83. The Hall–Kier alpha value is -3.33. The molecular formula is C24H18N2O. The minimum absolute atomic E-state index is 0.0897. The molecule has 0 saturated heterocycles. The minimum Gasteiger partial charge on any atom is -0.354 e. The van der Waals surface area contributed by atoms with Crippen molar-refractivity contribution in [2.45, 2.75) is 12.3 Å².